The third kappa shape index (κ3) is 5.39. The molecule has 2 atom stereocenters. The minimum atomic E-state index is -0.446. The van der Waals surface area contributed by atoms with Crippen LogP contribution in [0, 0.1) is 5.92 Å². The third-order valence-corrected chi connectivity index (χ3v) is 3.22. The zero-order valence-corrected chi connectivity index (χ0v) is 13.1. The van der Waals surface area contributed by atoms with Crippen molar-refractivity contribution in [1.82, 2.24) is 5.32 Å². The van der Waals surface area contributed by atoms with Crippen LogP contribution in [0.5, 0.6) is 0 Å². The van der Waals surface area contributed by atoms with Gasteiger partial charge in [0.2, 0.25) is 5.91 Å². The van der Waals surface area contributed by atoms with E-state index in [1.165, 1.54) is 0 Å². The number of nitrogens with two attached hydrogens (primary N) is 1. The number of nitrogens with one attached hydrogen (secondary N) is 1. The number of halogens is 2. The molecule has 0 saturated carbocycles. The lowest BCUT2D eigenvalue weighted by Crippen LogP contribution is -2.43. The molecule has 1 aromatic carbocycles. The summed E-state index contributed by atoms with van der Waals surface area (Å²) in [4.78, 5) is 11.9. The summed E-state index contributed by atoms with van der Waals surface area (Å²) in [7, 11) is 0. The first kappa shape index (κ1) is 18.2. The van der Waals surface area contributed by atoms with Crippen LogP contribution in [0.4, 0.5) is 0 Å². The Morgan fingerprint density at radius 2 is 1.84 bits per heavy atom. The molecule has 0 radical (unpaired) electrons. The van der Waals surface area contributed by atoms with Gasteiger partial charge in [-0.15, -0.1) is 12.4 Å². The van der Waals surface area contributed by atoms with Crippen molar-refractivity contribution in [2.75, 3.05) is 0 Å². The minimum absolute atomic E-state index is 0. The van der Waals surface area contributed by atoms with Crippen LogP contribution in [-0.4, -0.2) is 11.9 Å². The van der Waals surface area contributed by atoms with E-state index in [1.807, 2.05) is 31.2 Å². The molecule has 1 aromatic rings. The van der Waals surface area contributed by atoms with Crippen molar-refractivity contribution in [3.63, 3.8) is 0 Å². The van der Waals surface area contributed by atoms with E-state index in [2.05, 4.69) is 19.2 Å². The fourth-order valence-electron chi connectivity index (χ4n) is 1.75. The number of hydrogen-bond acceptors (Lipinski definition) is 2. The van der Waals surface area contributed by atoms with Gasteiger partial charge in [0.15, 0.2) is 0 Å². The standard InChI is InChI=1S/C14H21ClN2O.ClH/c1-4-12(16)14(18)17-13(9(2)3)10-5-7-11(15)8-6-10;/h5-9,12-13H,4,16H2,1-3H3,(H,17,18);1H/t12-,13?;/m0./s1. The van der Waals surface area contributed by atoms with E-state index in [0.29, 0.717) is 17.4 Å². The highest BCUT2D eigenvalue weighted by Gasteiger charge is 2.20. The number of rotatable bonds is 5. The molecule has 1 amide bonds. The Morgan fingerprint density at radius 3 is 2.26 bits per heavy atom. The average Bonchev–Trinajstić information content (AvgIpc) is 2.35. The number of benzene rings is 1. The molecule has 1 unspecified atom stereocenters. The van der Waals surface area contributed by atoms with E-state index in [0.717, 1.165) is 5.56 Å². The average molecular weight is 305 g/mol. The second kappa shape index (κ2) is 8.41. The molecular formula is C14H22Cl2N2O. The predicted octanol–water partition coefficient (Wildman–Crippen LogP) is 3.31. The van der Waals surface area contributed by atoms with E-state index in [9.17, 15) is 4.79 Å². The van der Waals surface area contributed by atoms with Gasteiger partial charge in [-0.25, -0.2) is 0 Å². The highest BCUT2D eigenvalue weighted by molar-refractivity contribution is 6.30. The number of carbonyl (C=O) groups excluding carboxylic acids is 1. The van der Waals surface area contributed by atoms with Gasteiger partial charge >= 0.3 is 0 Å². The van der Waals surface area contributed by atoms with Crippen LogP contribution >= 0.6 is 24.0 Å². The lowest BCUT2D eigenvalue weighted by molar-refractivity contribution is -0.123. The fourth-order valence-corrected chi connectivity index (χ4v) is 1.88. The molecule has 0 bridgehead atoms. The van der Waals surface area contributed by atoms with Crippen molar-refractivity contribution < 1.29 is 4.79 Å². The van der Waals surface area contributed by atoms with Crippen molar-refractivity contribution in [3.8, 4) is 0 Å². The maximum Gasteiger partial charge on any atom is 0.237 e. The molecule has 0 aromatic heterocycles. The Balaban J connectivity index is 0.00000324. The number of hydrogen-bond donors (Lipinski definition) is 2. The van der Waals surface area contributed by atoms with Crippen LogP contribution in [0.2, 0.25) is 5.02 Å². The summed E-state index contributed by atoms with van der Waals surface area (Å²) in [5.74, 6) is 0.185. The summed E-state index contributed by atoms with van der Waals surface area (Å²) in [6.45, 7) is 6.03. The summed E-state index contributed by atoms with van der Waals surface area (Å²) in [5.41, 5.74) is 6.78. The predicted molar refractivity (Wildman–Crippen MR) is 82.7 cm³/mol. The fraction of sp³-hybridized carbons (Fsp3) is 0.500. The third-order valence-electron chi connectivity index (χ3n) is 2.97. The van der Waals surface area contributed by atoms with Gasteiger partial charge in [-0.05, 0) is 30.0 Å². The van der Waals surface area contributed by atoms with Gasteiger partial charge in [-0.3, -0.25) is 4.79 Å². The van der Waals surface area contributed by atoms with E-state index in [1.54, 1.807) is 0 Å². The Hall–Kier alpha value is -0.770. The molecule has 5 heteroatoms. The van der Waals surface area contributed by atoms with Crippen LogP contribution in [0.15, 0.2) is 24.3 Å². The smallest absolute Gasteiger partial charge is 0.237 e. The van der Waals surface area contributed by atoms with Gasteiger partial charge < -0.3 is 11.1 Å². The van der Waals surface area contributed by atoms with Gasteiger partial charge in [-0.2, -0.15) is 0 Å². The molecule has 1 rings (SSSR count). The molecule has 0 fully saturated rings. The zero-order chi connectivity index (χ0) is 13.7. The normalized spacial score (nSPS) is 13.6. The molecule has 108 valence electrons. The van der Waals surface area contributed by atoms with Gasteiger partial charge in [0.25, 0.3) is 0 Å². The molecule has 0 aliphatic carbocycles. The second-order valence-electron chi connectivity index (χ2n) is 4.80. The summed E-state index contributed by atoms with van der Waals surface area (Å²) in [6.07, 6.45) is 0.636. The van der Waals surface area contributed by atoms with Gasteiger partial charge in [0.05, 0.1) is 12.1 Å². The molecule has 0 aliphatic rings. The van der Waals surface area contributed by atoms with Crippen LogP contribution in [0.1, 0.15) is 38.8 Å². The summed E-state index contributed by atoms with van der Waals surface area (Å²) in [6, 6.07) is 7.05. The minimum Gasteiger partial charge on any atom is -0.348 e. The van der Waals surface area contributed by atoms with Gasteiger partial charge in [-0.1, -0.05) is 44.5 Å². The molecule has 3 N–H and O–H groups in total. The molecule has 0 saturated heterocycles. The molecular weight excluding hydrogens is 283 g/mol. The summed E-state index contributed by atoms with van der Waals surface area (Å²) in [5, 5.41) is 3.69. The maximum atomic E-state index is 11.9. The van der Waals surface area contributed by atoms with Crippen LogP contribution in [0.3, 0.4) is 0 Å². The second-order valence-corrected chi connectivity index (χ2v) is 5.23. The molecule has 19 heavy (non-hydrogen) atoms. The first-order valence-corrected chi connectivity index (χ1v) is 6.65. The van der Waals surface area contributed by atoms with Crippen molar-refractivity contribution in [3.05, 3.63) is 34.9 Å². The zero-order valence-electron chi connectivity index (χ0n) is 11.5. The van der Waals surface area contributed by atoms with Crippen LogP contribution < -0.4 is 11.1 Å². The number of amides is 1. The van der Waals surface area contributed by atoms with Crippen molar-refractivity contribution in [2.24, 2.45) is 11.7 Å². The first-order chi connectivity index (χ1) is 8.45. The van der Waals surface area contributed by atoms with Crippen molar-refractivity contribution in [2.45, 2.75) is 39.3 Å². The molecule has 0 spiro atoms. The van der Waals surface area contributed by atoms with E-state index in [4.69, 9.17) is 17.3 Å². The largest absolute Gasteiger partial charge is 0.348 e. The van der Waals surface area contributed by atoms with Crippen LogP contribution in [0.25, 0.3) is 0 Å². The highest BCUT2D eigenvalue weighted by Crippen LogP contribution is 2.23. The molecule has 3 nitrogen and oxygen atoms in total. The Kier molecular flexibility index (Phi) is 8.07. The van der Waals surface area contributed by atoms with Gasteiger partial charge in [0, 0.05) is 5.02 Å². The summed E-state index contributed by atoms with van der Waals surface area (Å²) >= 11 is 5.87. The molecule has 0 heterocycles. The summed E-state index contributed by atoms with van der Waals surface area (Å²) < 4.78 is 0. The number of carbonyl (C=O) groups is 1. The van der Waals surface area contributed by atoms with Crippen molar-refractivity contribution in [1.29, 1.82) is 0 Å². The first-order valence-electron chi connectivity index (χ1n) is 6.27. The Morgan fingerprint density at radius 1 is 1.32 bits per heavy atom. The van der Waals surface area contributed by atoms with E-state index >= 15 is 0 Å². The lowest BCUT2D eigenvalue weighted by Gasteiger charge is -2.24. The van der Waals surface area contributed by atoms with Gasteiger partial charge in [0.1, 0.15) is 0 Å². The topological polar surface area (TPSA) is 55.1 Å². The Bertz CT molecular complexity index is 393. The van der Waals surface area contributed by atoms with Crippen LogP contribution in [-0.2, 0) is 4.79 Å². The monoisotopic (exact) mass is 304 g/mol. The highest BCUT2D eigenvalue weighted by atomic mass is 35.5. The SMILES string of the molecule is CC[C@H](N)C(=O)NC(c1ccc(Cl)cc1)C(C)C.Cl. The molecule has 0 aliphatic heterocycles. The quantitative estimate of drug-likeness (QED) is 0.877. The Labute approximate surface area is 126 Å². The maximum absolute atomic E-state index is 11.9. The lowest BCUT2D eigenvalue weighted by atomic mass is 9.95. The van der Waals surface area contributed by atoms with E-state index < -0.39 is 6.04 Å². The van der Waals surface area contributed by atoms with Crippen molar-refractivity contribution >= 4 is 29.9 Å². The van der Waals surface area contributed by atoms with E-state index in [-0.39, 0.29) is 24.4 Å².